The average Bonchev–Trinajstić information content (AvgIpc) is 2.75. The first-order chi connectivity index (χ1) is 8.68. The maximum atomic E-state index is 9.11. The van der Waals surface area contributed by atoms with E-state index in [0.717, 1.165) is 6.42 Å². The first kappa shape index (κ1) is 15.8. The molecule has 8 heteroatoms. The number of fused-ring (bicyclic) bond motifs is 1. The standard InChI is InChI=1S/C9H17NO3.C2H2O4/c1-9(2)12-7-5(4-11)3-6(10)8(7)13-9;3-1(4)2(5)6/h5-8,11H,3-4,10H2,1-2H3;(H,3,4)(H,5,6)/t5-,6-,7-,8+;/m1./s1. The van der Waals surface area contributed by atoms with Crippen molar-refractivity contribution in [1.82, 2.24) is 0 Å². The summed E-state index contributed by atoms with van der Waals surface area (Å²) in [4.78, 5) is 18.2. The van der Waals surface area contributed by atoms with E-state index in [1.54, 1.807) is 0 Å². The van der Waals surface area contributed by atoms with Crippen LogP contribution in [0.25, 0.3) is 0 Å². The highest BCUT2D eigenvalue weighted by molar-refractivity contribution is 6.27. The highest BCUT2D eigenvalue weighted by Crippen LogP contribution is 2.40. The minimum Gasteiger partial charge on any atom is -0.473 e. The van der Waals surface area contributed by atoms with Crippen LogP contribution in [0.3, 0.4) is 0 Å². The van der Waals surface area contributed by atoms with Crippen LogP contribution in [-0.2, 0) is 19.1 Å². The molecule has 1 saturated heterocycles. The summed E-state index contributed by atoms with van der Waals surface area (Å²) in [6.45, 7) is 3.90. The van der Waals surface area contributed by atoms with Crippen molar-refractivity contribution < 1.29 is 34.4 Å². The normalized spacial score (nSPS) is 35.2. The monoisotopic (exact) mass is 277 g/mol. The molecule has 2 fully saturated rings. The van der Waals surface area contributed by atoms with E-state index in [2.05, 4.69) is 0 Å². The van der Waals surface area contributed by atoms with Gasteiger partial charge in [0.05, 0.1) is 6.10 Å². The number of aliphatic hydroxyl groups is 1. The minimum atomic E-state index is -1.82. The van der Waals surface area contributed by atoms with Crippen molar-refractivity contribution >= 4 is 11.9 Å². The summed E-state index contributed by atoms with van der Waals surface area (Å²) in [5.41, 5.74) is 5.89. The highest BCUT2D eigenvalue weighted by atomic mass is 16.8. The van der Waals surface area contributed by atoms with E-state index in [-0.39, 0.29) is 30.8 Å². The van der Waals surface area contributed by atoms with Gasteiger partial charge in [-0.25, -0.2) is 9.59 Å². The minimum absolute atomic E-state index is 0.00363. The molecule has 2 rings (SSSR count). The molecule has 4 atom stereocenters. The van der Waals surface area contributed by atoms with Crippen molar-refractivity contribution in [3.63, 3.8) is 0 Å². The molecule has 0 amide bonds. The Bertz CT molecular complexity index is 345. The maximum absolute atomic E-state index is 9.11. The molecule has 5 N–H and O–H groups in total. The van der Waals surface area contributed by atoms with Gasteiger partial charge in [-0.2, -0.15) is 0 Å². The largest absolute Gasteiger partial charge is 0.473 e. The van der Waals surface area contributed by atoms with Crippen LogP contribution in [0.5, 0.6) is 0 Å². The van der Waals surface area contributed by atoms with Gasteiger partial charge in [-0.05, 0) is 20.3 Å². The number of nitrogens with two attached hydrogens (primary N) is 1. The Morgan fingerprint density at radius 1 is 1.21 bits per heavy atom. The Balaban J connectivity index is 0.000000258. The van der Waals surface area contributed by atoms with Gasteiger partial charge in [-0.1, -0.05) is 0 Å². The number of hydrogen-bond donors (Lipinski definition) is 4. The lowest BCUT2D eigenvalue weighted by molar-refractivity contribution is -0.159. The van der Waals surface area contributed by atoms with Gasteiger partial charge in [0, 0.05) is 18.6 Å². The Hall–Kier alpha value is -1.22. The zero-order valence-electron chi connectivity index (χ0n) is 10.8. The number of aliphatic carboxylic acids is 2. The fraction of sp³-hybridized carbons (Fsp3) is 0.818. The van der Waals surface area contributed by atoms with Gasteiger partial charge in [0.15, 0.2) is 5.79 Å². The van der Waals surface area contributed by atoms with Gasteiger partial charge in [-0.3, -0.25) is 0 Å². The summed E-state index contributed by atoms with van der Waals surface area (Å²) in [6.07, 6.45) is 0.740. The number of carboxylic acid groups (broad SMARTS) is 2. The third-order valence-corrected chi connectivity index (χ3v) is 3.04. The predicted molar refractivity (Wildman–Crippen MR) is 62.3 cm³/mol. The lowest BCUT2D eigenvalue weighted by Crippen LogP contribution is -2.34. The van der Waals surface area contributed by atoms with E-state index in [0.29, 0.717) is 0 Å². The van der Waals surface area contributed by atoms with Gasteiger partial charge in [0.2, 0.25) is 0 Å². The van der Waals surface area contributed by atoms with Crippen LogP contribution in [0, 0.1) is 5.92 Å². The summed E-state index contributed by atoms with van der Waals surface area (Å²) >= 11 is 0. The zero-order chi connectivity index (χ0) is 14.8. The van der Waals surface area contributed by atoms with Crippen molar-refractivity contribution in [3.05, 3.63) is 0 Å². The molecule has 0 bridgehead atoms. The molecule has 0 radical (unpaired) electrons. The maximum Gasteiger partial charge on any atom is 0.414 e. The van der Waals surface area contributed by atoms with Gasteiger partial charge in [0.1, 0.15) is 6.10 Å². The molecule has 110 valence electrons. The number of carbonyl (C=O) groups is 2. The zero-order valence-corrected chi connectivity index (χ0v) is 10.8. The fourth-order valence-corrected chi connectivity index (χ4v) is 2.31. The number of ether oxygens (including phenoxy) is 2. The van der Waals surface area contributed by atoms with Gasteiger partial charge in [0.25, 0.3) is 0 Å². The van der Waals surface area contributed by atoms with E-state index in [1.165, 1.54) is 0 Å². The van der Waals surface area contributed by atoms with Crippen molar-refractivity contribution in [3.8, 4) is 0 Å². The second-order valence-electron chi connectivity index (χ2n) is 5.02. The van der Waals surface area contributed by atoms with Crippen LogP contribution in [-0.4, -0.2) is 57.9 Å². The van der Waals surface area contributed by atoms with Crippen molar-refractivity contribution in [2.45, 2.75) is 44.3 Å². The van der Waals surface area contributed by atoms with Gasteiger partial charge < -0.3 is 30.5 Å². The summed E-state index contributed by atoms with van der Waals surface area (Å²) in [5.74, 6) is -4.05. The highest BCUT2D eigenvalue weighted by Gasteiger charge is 2.52. The molecule has 1 saturated carbocycles. The first-order valence-corrected chi connectivity index (χ1v) is 5.86. The van der Waals surface area contributed by atoms with Crippen LogP contribution < -0.4 is 5.73 Å². The van der Waals surface area contributed by atoms with E-state index in [9.17, 15) is 0 Å². The van der Waals surface area contributed by atoms with E-state index < -0.39 is 17.7 Å². The third-order valence-electron chi connectivity index (χ3n) is 3.04. The second kappa shape index (κ2) is 5.83. The molecule has 1 aliphatic carbocycles. The Kier molecular flexibility index (Phi) is 4.86. The topological polar surface area (TPSA) is 139 Å². The van der Waals surface area contributed by atoms with E-state index in [1.807, 2.05) is 13.8 Å². The van der Waals surface area contributed by atoms with Crippen LogP contribution in [0.1, 0.15) is 20.3 Å². The molecule has 0 aromatic heterocycles. The molecule has 1 heterocycles. The predicted octanol–water partition coefficient (Wildman–Crippen LogP) is -0.998. The Morgan fingerprint density at radius 2 is 1.68 bits per heavy atom. The van der Waals surface area contributed by atoms with Crippen molar-refractivity contribution in [2.24, 2.45) is 11.7 Å². The molecule has 1 aliphatic heterocycles. The molecule has 0 unspecified atom stereocenters. The van der Waals surface area contributed by atoms with Gasteiger partial charge in [-0.15, -0.1) is 0 Å². The molecule has 0 aromatic rings. The van der Waals surface area contributed by atoms with Crippen LogP contribution in [0.4, 0.5) is 0 Å². The smallest absolute Gasteiger partial charge is 0.414 e. The molecule has 0 spiro atoms. The summed E-state index contributed by atoms with van der Waals surface area (Å²) in [6, 6.07) is 0.00363. The number of carboxylic acids is 2. The summed E-state index contributed by atoms with van der Waals surface area (Å²) < 4.78 is 11.3. The van der Waals surface area contributed by atoms with Crippen molar-refractivity contribution in [1.29, 1.82) is 0 Å². The average molecular weight is 277 g/mol. The molecular weight excluding hydrogens is 258 g/mol. The number of hydrogen-bond acceptors (Lipinski definition) is 6. The quantitative estimate of drug-likeness (QED) is 0.447. The van der Waals surface area contributed by atoms with Gasteiger partial charge >= 0.3 is 11.9 Å². The number of rotatable bonds is 1. The fourth-order valence-electron chi connectivity index (χ4n) is 2.31. The first-order valence-electron chi connectivity index (χ1n) is 5.86. The molecule has 19 heavy (non-hydrogen) atoms. The lowest BCUT2D eigenvalue weighted by Gasteiger charge is -2.21. The molecule has 8 nitrogen and oxygen atoms in total. The SMILES string of the molecule is CC1(C)O[C@@H]2[C@@H](CO)C[C@@H](N)[C@@H]2O1.O=C(O)C(=O)O. The van der Waals surface area contributed by atoms with Crippen LogP contribution in [0.15, 0.2) is 0 Å². The van der Waals surface area contributed by atoms with Crippen LogP contribution in [0.2, 0.25) is 0 Å². The third kappa shape index (κ3) is 3.87. The summed E-state index contributed by atoms with van der Waals surface area (Å²) in [5, 5.41) is 23.9. The Labute approximate surface area is 110 Å². The Morgan fingerprint density at radius 3 is 2.11 bits per heavy atom. The van der Waals surface area contributed by atoms with E-state index in [4.69, 9.17) is 40.1 Å². The molecule has 2 aliphatic rings. The lowest BCUT2D eigenvalue weighted by atomic mass is 10.1. The second-order valence-corrected chi connectivity index (χ2v) is 5.02. The van der Waals surface area contributed by atoms with Crippen molar-refractivity contribution in [2.75, 3.05) is 6.61 Å². The van der Waals surface area contributed by atoms with Crippen LogP contribution >= 0.6 is 0 Å². The molecular formula is C11H19NO7. The van der Waals surface area contributed by atoms with E-state index >= 15 is 0 Å². The number of aliphatic hydroxyl groups excluding tert-OH is 1. The molecule has 0 aromatic carbocycles. The summed E-state index contributed by atoms with van der Waals surface area (Å²) in [7, 11) is 0.